The second kappa shape index (κ2) is 8.19. The van der Waals surface area contributed by atoms with Crippen molar-refractivity contribution in [2.45, 2.75) is 20.5 Å². The van der Waals surface area contributed by atoms with Crippen molar-refractivity contribution in [1.29, 1.82) is 0 Å². The maximum atomic E-state index is 11.7. The van der Waals surface area contributed by atoms with Crippen molar-refractivity contribution in [3.8, 4) is 11.5 Å². The first-order valence-corrected chi connectivity index (χ1v) is 8.98. The third-order valence-corrected chi connectivity index (χ3v) is 4.29. The smallest absolute Gasteiger partial charge is 0.367 e. The topological polar surface area (TPSA) is 57.1 Å². The summed E-state index contributed by atoms with van der Waals surface area (Å²) in [5.74, 6) is 0.826. The minimum Gasteiger partial charge on any atom is -0.490 e. The number of halogens is 1. The summed E-state index contributed by atoms with van der Waals surface area (Å²) in [6, 6.07) is 13.5. The molecule has 1 aliphatic heterocycles. The number of ether oxygens (including phenoxy) is 2. The Morgan fingerprint density at radius 1 is 1.12 bits per heavy atom. The molecular formula is C20H18BrNO4. The van der Waals surface area contributed by atoms with Crippen LogP contribution in [0, 0.1) is 0 Å². The Balaban J connectivity index is 1.80. The van der Waals surface area contributed by atoms with Crippen LogP contribution in [0.4, 0.5) is 0 Å². The quantitative estimate of drug-likeness (QED) is 0.504. The predicted molar refractivity (Wildman–Crippen MR) is 103 cm³/mol. The van der Waals surface area contributed by atoms with E-state index in [0.717, 1.165) is 15.6 Å². The Morgan fingerprint density at radius 3 is 2.54 bits per heavy atom. The highest BCUT2D eigenvalue weighted by molar-refractivity contribution is 9.10. The highest BCUT2D eigenvalue weighted by Gasteiger charge is 2.21. The number of hydrogen-bond donors (Lipinski definition) is 0. The molecule has 1 heterocycles. The molecule has 3 rings (SSSR count). The van der Waals surface area contributed by atoms with E-state index in [2.05, 4.69) is 25.9 Å². The summed E-state index contributed by atoms with van der Waals surface area (Å²) < 4.78 is 12.6. The zero-order valence-electron chi connectivity index (χ0n) is 14.5. The fourth-order valence-corrected chi connectivity index (χ4v) is 2.69. The lowest BCUT2D eigenvalue weighted by Crippen LogP contribution is -2.02. The van der Waals surface area contributed by atoms with Gasteiger partial charge < -0.3 is 14.3 Å². The van der Waals surface area contributed by atoms with Gasteiger partial charge in [0.15, 0.2) is 11.5 Å². The number of oxime groups is 1. The summed E-state index contributed by atoms with van der Waals surface area (Å²) >= 11 is 3.42. The van der Waals surface area contributed by atoms with Crippen LogP contribution in [-0.2, 0) is 16.2 Å². The first-order chi connectivity index (χ1) is 12.6. The van der Waals surface area contributed by atoms with Gasteiger partial charge in [-0.15, -0.1) is 0 Å². The highest BCUT2D eigenvalue weighted by Crippen LogP contribution is 2.30. The zero-order valence-corrected chi connectivity index (χ0v) is 16.1. The average Bonchev–Trinajstić information content (AvgIpc) is 2.95. The molecule has 134 valence electrons. The highest BCUT2D eigenvalue weighted by atomic mass is 79.9. The van der Waals surface area contributed by atoms with Crippen molar-refractivity contribution in [2.24, 2.45) is 5.16 Å². The molecule has 0 fully saturated rings. The molecule has 0 N–H and O–H groups in total. The second-order valence-corrected chi connectivity index (χ2v) is 6.58. The molecule has 2 aromatic rings. The van der Waals surface area contributed by atoms with E-state index in [1.807, 2.05) is 49.4 Å². The fourth-order valence-electron chi connectivity index (χ4n) is 2.43. The molecule has 26 heavy (non-hydrogen) atoms. The Morgan fingerprint density at radius 2 is 1.88 bits per heavy atom. The average molecular weight is 416 g/mol. The van der Waals surface area contributed by atoms with Gasteiger partial charge in [0.05, 0.1) is 17.9 Å². The van der Waals surface area contributed by atoms with Crippen LogP contribution < -0.4 is 9.47 Å². The minimum atomic E-state index is -0.448. The molecule has 5 nitrogen and oxygen atoms in total. The van der Waals surface area contributed by atoms with Gasteiger partial charge in [-0.1, -0.05) is 39.3 Å². The lowest BCUT2D eigenvalue weighted by molar-refractivity contribution is -0.136. The van der Waals surface area contributed by atoms with Crippen molar-refractivity contribution in [1.82, 2.24) is 0 Å². The van der Waals surface area contributed by atoms with Crippen LogP contribution >= 0.6 is 15.9 Å². The van der Waals surface area contributed by atoms with Gasteiger partial charge in [-0.05, 0) is 55.3 Å². The lowest BCUT2D eigenvalue weighted by Gasteiger charge is -2.13. The molecule has 2 aromatic carbocycles. The second-order valence-electron chi connectivity index (χ2n) is 5.67. The van der Waals surface area contributed by atoms with Crippen molar-refractivity contribution >= 4 is 33.7 Å². The van der Waals surface area contributed by atoms with E-state index in [0.29, 0.717) is 36.0 Å². The van der Waals surface area contributed by atoms with E-state index in [-0.39, 0.29) is 0 Å². The van der Waals surface area contributed by atoms with Crippen LogP contribution in [0.15, 0.2) is 57.7 Å². The Hall–Kier alpha value is -2.60. The minimum absolute atomic E-state index is 0.436. The van der Waals surface area contributed by atoms with Crippen molar-refractivity contribution < 1.29 is 19.1 Å². The normalized spacial score (nSPS) is 15.0. The van der Waals surface area contributed by atoms with Crippen LogP contribution in [0.25, 0.3) is 6.08 Å². The van der Waals surface area contributed by atoms with E-state index in [4.69, 9.17) is 9.47 Å². The van der Waals surface area contributed by atoms with Gasteiger partial charge in [0.25, 0.3) is 0 Å². The maximum absolute atomic E-state index is 11.7. The largest absolute Gasteiger partial charge is 0.490 e. The number of nitrogens with zero attached hydrogens (tertiary/aromatic N) is 1. The molecular weight excluding hydrogens is 398 g/mol. The Kier molecular flexibility index (Phi) is 5.73. The van der Waals surface area contributed by atoms with Crippen LogP contribution in [0.3, 0.4) is 0 Å². The summed E-state index contributed by atoms with van der Waals surface area (Å²) in [7, 11) is 0. The molecule has 0 bridgehead atoms. The number of carbonyl (C=O) groups excluding carboxylic acids is 1. The number of rotatable bonds is 6. The van der Waals surface area contributed by atoms with E-state index in [1.165, 1.54) is 0 Å². The fraction of sp³-hybridized carbons (Fsp3) is 0.200. The van der Waals surface area contributed by atoms with Crippen LogP contribution in [0.5, 0.6) is 11.5 Å². The monoisotopic (exact) mass is 415 g/mol. The number of carbonyl (C=O) groups is 1. The molecule has 0 aliphatic carbocycles. The van der Waals surface area contributed by atoms with Crippen molar-refractivity contribution in [3.63, 3.8) is 0 Å². The van der Waals surface area contributed by atoms with Crippen molar-refractivity contribution in [2.75, 3.05) is 6.61 Å². The van der Waals surface area contributed by atoms with Gasteiger partial charge in [0.2, 0.25) is 0 Å². The Labute approximate surface area is 160 Å². The number of benzene rings is 2. The summed E-state index contributed by atoms with van der Waals surface area (Å²) in [4.78, 5) is 16.4. The Bertz CT molecular complexity index is 872. The maximum Gasteiger partial charge on any atom is 0.367 e. The SMILES string of the molecule is CCOc1cc(C=C2C(=O)ON=C2C)ccc1OCc1ccc(Br)cc1. The van der Waals surface area contributed by atoms with Crippen molar-refractivity contribution in [3.05, 3.63) is 63.6 Å². The molecule has 0 aromatic heterocycles. The molecule has 0 unspecified atom stereocenters. The third-order valence-electron chi connectivity index (χ3n) is 3.76. The van der Waals surface area contributed by atoms with E-state index in [1.54, 1.807) is 13.0 Å². The van der Waals surface area contributed by atoms with Gasteiger partial charge >= 0.3 is 5.97 Å². The van der Waals surface area contributed by atoms with E-state index in [9.17, 15) is 4.79 Å². The van der Waals surface area contributed by atoms with E-state index >= 15 is 0 Å². The van der Waals surface area contributed by atoms with Crippen LogP contribution in [-0.4, -0.2) is 18.3 Å². The molecule has 0 saturated heterocycles. The van der Waals surface area contributed by atoms with E-state index < -0.39 is 5.97 Å². The first-order valence-electron chi connectivity index (χ1n) is 8.19. The predicted octanol–water partition coefficient (Wildman–Crippen LogP) is 4.74. The van der Waals surface area contributed by atoms with Gasteiger partial charge in [0, 0.05) is 4.47 Å². The summed E-state index contributed by atoms with van der Waals surface area (Å²) in [6.45, 7) is 4.59. The summed E-state index contributed by atoms with van der Waals surface area (Å²) in [5, 5.41) is 3.68. The zero-order chi connectivity index (χ0) is 18.5. The molecule has 0 saturated carbocycles. The van der Waals surface area contributed by atoms with Crippen LogP contribution in [0.1, 0.15) is 25.0 Å². The van der Waals surface area contributed by atoms with Gasteiger partial charge in [-0.2, -0.15) is 0 Å². The first kappa shape index (κ1) is 18.2. The summed E-state index contributed by atoms with van der Waals surface area (Å²) in [5.41, 5.74) is 2.87. The standard InChI is InChI=1S/C20H18BrNO4/c1-3-24-19-11-15(10-17-13(2)22-26-20(17)23)6-9-18(19)25-12-14-4-7-16(21)8-5-14/h4-11H,3,12H2,1-2H3. The molecule has 0 radical (unpaired) electrons. The van der Waals surface area contributed by atoms with Gasteiger partial charge in [-0.3, -0.25) is 0 Å². The molecule has 6 heteroatoms. The third kappa shape index (κ3) is 4.32. The number of hydrogen-bond acceptors (Lipinski definition) is 5. The van der Waals surface area contributed by atoms with Gasteiger partial charge in [-0.25, -0.2) is 4.79 Å². The summed E-state index contributed by atoms with van der Waals surface area (Å²) in [6.07, 6.45) is 1.73. The molecule has 0 spiro atoms. The van der Waals surface area contributed by atoms with Crippen LogP contribution in [0.2, 0.25) is 0 Å². The molecule has 0 atom stereocenters. The van der Waals surface area contributed by atoms with Gasteiger partial charge in [0.1, 0.15) is 6.61 Å². The molecule has 1 aliphatic rings. The lowest BCUT2D eigenvalue weighted by atomic mass is 10.1. The molecule has 0 amide bonds.